The number of piperidine rings is 1. The molecule has 0 amide bonds. The van der Waals surface area contributed by atoms with Crippen LogP contribution in [0.4, 0.5) is 5.82 Å². The number of hydrogen-bond donors (Lipinski definition) is 1. The largest absolute Gasteiger partial charge is 0.488 e. The maximum Gasteiger partial charge on any atom is 0.132 e. The number of H-pyrrole nitrogens is 1. The smallest absolute Gasteiger partial charge is 0.132 e. The summed E-state index contributed by atoms with van der Waals surface area (Å²) in [6.45, 7) is 3.80. The Morgan fingerprint density at radius 1 is 1.21 bits per heavy atom. The number of aldehydes is 1. The highest BCUT2D eigenvalue weighted by atomic mass is 16.5. The molecule has 7 nitrogen and oxygen atoms in total. The van der Waals surface area contributed by atoms with Crippen molar-refractivity contribution in [2.45, 2.75) is 38.2 Å². The maximum absolute atomic E-state index is 11.0. The van der Waals surface area contributed by atoms with Gasteiger partial charge in [-0.1, -0.05) is 0 Å². The van der Waals surface area contributed by atoms with Gasteiger partial charge in [-0.3, -0.25) is 5.10 Å². The number of nitrogens with zero attached hydrogens (tertiary/aromatic N) is 4. The first-order chi connectivity index (χ1) is 13.6. The Labute approximate surface area is 163 Å². The fourth-order valence-corrected chi connectivity index (χ4v) is 3.73. The zero-order valence-electron chi connectivity index (χ0n) is 15.9. The molecule has 2 fully saturated rings. The molecule has 5 rings (SSSR count). The van der Waals surface area contributed by atoms with E-state index >= 15 is 0 Å². The summed E-state index contributed by atoms with van der Waals surface area (Å²) in [5, 5.41) is 8.57. The number of carbonyl (C=O) groups is 1. The third-order valence-corrected chi connectivity index (χ3v) is 5.80. The lowest BCUT2D eigenvalue weighted by atomic mass is 9.98. The predicted octanol–water partition coefficient (Wildman–Crippen LogP) is 3.37. The van der Waals surface area contributed by atoms with Gasteiger partial charge in [-0.05, 0) is 50.8 Å². The molecule has 0 atom stereocenters. The van der Waals surface area contributed by atoms with Gasteiger partial charge in [-0.2, -0.15) is 5.10 Å². The van der Waals surface area contributed by atoms with Crippen LogP contribution in [-0.4, -0.2) is 45.1 Å². The number of benzene rings is 1. The second-order valence-corrected chi connectivity index (χ2v) is 8.05. The van der Waals surface area contributed by atoms with Gasteiger partial charge in [-0.15, -0.1) is 0 Å². The van der Waals surface area contributed by atoms with Crippen molar-refractivity contribution < 1.29 is 9.53 Å². The number of aromatic amines is 1. The standard InChI is InChI=1S/C21H23N5O2/c1-21(6-7-21)28-15-2-3-17-16(10-15)20(25-24-17)18-11-19(23-13-22-18)26-8-4-14(12-27)5-9-26/h2-3,10-14H,4-9H2,1H3,(H,24,25). The minimum Gasteiger partial charge on any atom is -0.488 e. The summed E-state index contributed by atoms with van der Waals surface area (Å²) in [7, 11) is 0. The predicted molar refractivity (Wildman–Crippen MR) is 106 cm³/mol. The summed E-state index contributed by atoms with van der Waals surface area (Å²) in [6, 6.07) is 8.00. The number of nitrogens with one attached hydrogen (secondary N) is 1. The second kappa shape index (κ2) is 6.58. The van der Waals surface area contributed by atoms with Crippen LogP contribution in [0.5, 0.6) is 5.75 Å². The average molecular weight is 377 g/mol. The van der Waals surface area contributed by atoms with Gasteiger partial charge in [-0.25, -0.2) is 9.97 Å². The van der Waals surface area contributed by atoms with Crippen molar-refractivity contribution in [2.24, 2.45) is 5.92 Å². The molecule has 3 aromatic rings. The number of rotatable bonds is 5. The Hall–Kier alpha value is -2.96. The lowest BCUT2D eigenvalue weighted by Gasteiger charge is -2.30. The summed E-state index contributed by atoms with van der Waals surface area (Å²) in [5.41, 5.74) is 2.51. The van der Waals surface area contributed by atoms with Gasteiger partial charge >= 0.3 is 0 Å². The van der Waals surface area contributed by atoms with E-state index < -0.39 is 0 Å². The molecule has 1 aromatic carbocycles. The molecular weight excluding hydrogens is 354 g/mol. The molecule has 0 unspecified atom stereocenters. The highest BCUT2D eigenvalue weighted by Gasteiger charge is 2.40. The van der Waals surface area contributed by atoms with Crippen LogP contribution in [-0.2, 0) is 4.79 Å². The molecule has 28 heavy (non-hydrogen) atoms. The first-order valence-electron chi connectivity index (χ1n) is 9.83. The minimum atomic E-state index is -0.0205. The minimum absolute atomic E-state index is 0.0205. The third-order valence-electron chi connectivity index (χ3n) is 5.80. The second-order valence-electron chi connectivity index (χ2n) is 8.05. The van der Waals surface area contributed by atoms with Gasteiger partial charge in [0.15, 0.2) is 0 Å². The van der Waals surface area contributed by atoms with Crippen molar-refractivity contribution in [2.75, 3.05) is 18.0 Å². The normalized spacial score (nSPS) is 19.0. The van der Waals surface area contributed by atoms with Crippen molar-refractivity contribution >= 4 is 23.0 Å². The first-order valence-corrected chi connectivity index (χ1v) is 9.83. The molecular formula is C21H23N5O2. The van der Waals surface area contributed by atoms with Gasteiger partial charge < -0.3 is 14.4 Å². The molecule has 144 valence electrons. The molecule has 0 bridgehead atoms. The van der Waals surface area contributed by atoms with E-state index in [0.717, 1.165) is 78.9 Å². The van der Waals surface area contributed by atoms with Crippen LogP contribution >= 0.6 is 0 Å². The molecule has 1 aliphatic heterocycles. The van der Waals surface area contributed by atoms with Crippen LogP contribution in [0.15, 0.2) is 30.6 Å². The lowest BCUT2D eigenvalue weighted by molar-refractivity contribution is -0.111. The van der Waals surface area contributed by atoms with E-state index in [1.54, 1.807) is 6.33 Å². The molecule has 3 heterocycles. The van der Waals surface area contributed by atoms with Crippen molar-refractivity contribution in [3.63, 3.8) is 0 Å². The van der Waals surface area contributed by atoms with Crippen LogP contribution in [0.25, 0.3) is 22.3 Å². The molecule has 2 aliphatic rings. The summed E-state index contributed by atoms with van der Waals surface area (Å²) >= 11 is 0. The highest BCUT2D eigenvalue weighted by Crippen LogP contribution is 2.40. The molecule has 1 saturated carbocycles. The van der Waals surface area contributed by atoms with Crippen LogP contribution < -0.4 is 9.64 Å². The monoisotopic (exact) mass is 377 g/mol. The van der Waals surface area contributed by atoms with Crippen molar-refractivity contribution in [1.82, 2.24) is 20.2 Å². The fourth-order valence-electron chi connectivity index (χ4n) is 3.73. The molecule has 1 saturated heterocycles. The average Bonchev–Trinajstić information content (AvgIpc) is 3.30. The number of anilines is 1. The van der Waals surface area contributed by atoms with Gasteiger partial charge in [0.25, 0.3) is 0 Å². The zero-order valence-corrected chi connectivity index (χ0v) is 15.9. The summed E-state index contributed by atoms with van der Waals surface area (Å²) < 4.78 is 6.11. The summed E-state index contributed by atoms with van der Waals surface area (Å²) in [6.07, 6.45) is 6.59. The Bertz CT molecular complexity index is 1020. The number of ether oxygens (including phenoxy) is 1. The van der Waals surface area contributed by atoms with E-state index in [9.17, 15) is 4.79 Å². The molecule has 2 aromatic heterocycles. The zero-order chi connectivity index (χ0) is 19.1. The lowest BCUT2D eigenvalue weighted by Crippen LogP contribution is -2.34. The molecule has 1 N–H and O–H groups in total. The number of carbonyl (C=O) groups excluding carboxylic acids is 1. The van der Waals surface area contributed by atoms with Gasteiger partial charge in [0.05, 0.1) is 11.2 Å². The van der Waals surface area contributed by atoms with E-state index in [1.165, 1.54) is 0 Å². The summed E-state index contributed by atoms with van der Waals surface area (Å²) in [5.74, 6) is 1.91. The van der Waals surface area contributed by atoms with Crippen LogP contribution in [0.2, 0.25) is 0 Å². The Balaban J connectivity index is 1.45. The van der Waals surface area contributed by atoms with E-state index in [0.29, 0.717) is 0 Å². The number of aromatic nitrogens is 4. The SMILES string of the molecule is CC1(Oc2ccc3[nH]nc(-c4cc(N5CCC(C=O)CC5)ncn4)c3c2)CC1. The van der Waals surface area contributed by atoms with Crippen LogP contribution in [0.3, 0.4) is 0 Å². The third kappa shape index (κ3) is 3.21. The van der Waals surface area contributed by atoms with Gasteiger partial charge in [0.2, 0.25) is 0 Å². The Kier molecular flexibility index (Phi) is 4.03. The van der Waals surface area contributed by atoms with Crippen LogP contribution in [0, 0.1) is 5.92 Å². The van der Waals surface area contributed by atoms with E-state index in [-0.39, 0.29) is 11.5 Å². The fraction of sp³-hybridized carbons (Fsp3) is 0.429. The van der Waals surface area contributed by atoms with E-state index in [4.69, 9.17) is 4.74 Å². The van der Waals surface area contributed by atoms with Gasteiger partial charge in [0, 0.05) is 30.5 Å². The van der Waals surface area contributed by atoms with Gasteiger partial charge in [0.1, 0.15) is 35.5 Å². The quantitative estimate of drug-likeness (QED) is 0.687. The Morgan fingerprint density at radius 3 is 2.79 bits per heavy atom. The Morgan fingerprint density at radius 2 is 2.04 bits per heavy atom. The van der Waals surface area contributed by atoms with Crippen molar-refractivity contribution in [3.8, 4) is 17.1 Å². The molecule has 1 aliphatic carbocycles. The van der Waals surface area contributed by atoms with Crippen LogP contribution in [0.1, 0.15) is 32.6 Å². The highest BCUT2D eigenvalue weighted by molar-refractivity contribution is 5.93. The molecule has 7 heteroatoms. The van der Waals surface area contributed by atoms with E-state index in [1.807, 2.05) is 24.3 Å². The van der Waals surface area contributed by atoms with Crippen molar-refractivity contribution in [1.29, 1.82) is 0 Å². The maximum atomic E-state index is 11.0. The first kappa shape index (κ1) is 17.2. The molecule has 0 radical (unpaired) electrons. The van der Waals surface area contributed by atoms with E-state index in [2.05, 4.69) is 32.0 Å². The number of hydrogen-bond acceptors (Lipinski definition) is 6. The molecule has 0 spiro atoms. The summed E-state index contributed by atoms with van der Waals surface area (Å²) in [4.78, 5) is 22.1. The topological polar surface area (TPSA) is 84.0 Å². The van der Waals surface area contributed by atoms with Crippen molar-refractivity contribution in [3.05, 3.63) is 30.6 Å². The number of fused-ring (bicyclic) bond motifs is 1.